The molecule has 0 saturated heterocycles. The van der Waals surface area contributed by atoms with E-state index in [-0.39, 0.29) is 17.1 Å². The molecule has 0 radical (unpaired) electrons. The van der Waals surface area contributed by atoms with Crippen LogP contribution in [-0.4, -0.2) is 22.6 Å². The molecule has 0 aliphatic rings. The number of carbonyl (C=O) groups excluding carboxylic acids is 2. The predicted molar refractivity (Wildman–Crippen MR) is 84.6 cm³/mol. The summed E-state index contributed by atoms with van der Waals surface area (Å²) in [6, 6.07) is 13.4. The molecule has 0 bridgehead atoms. The molecular formula is C18H18O4. The number of carbonyl (C=O) groups is 3. The summed E-state index contributed by atoms with van der Waals surface area (Å²) in [5.74, 6) is -0.919. The average molecular weight is 298 g/mol. The molecule has 0 aliphatic heterocycles. The summed E-state index contributed by atoms with van der Waals surface area (Å²) in [4.78, 5) is 31.9. The number of aryl methyl sites for hydroxylation is 1. The van der Waals surface area contributed by atoms with Crippen LogP contribution < -0.4 is 0 Å². The van der Waals surface area contributed by atoms with Gasteiger partial charge in [0.2, 0.25) is 0 Å². The first-order valence-corrected chi connectivity index (χ1v) is 6.73. The molecule has 0 saturated carbocycles. The molecule has 2 aromatic carbocycles. The summed E-state index contributed by atoms with van der Waals surface area (Å²) < 4.78 is 0. The number of Topliss-reactive ketones (excluding diaryl/α,β-unsaturated/α-hetero) is 2. The van der Waals surface area contributed by atoms with E-state index >= 15 is 0 Å². The van der Waals surface area contributed by atoms with E-state index in [0.29, 0.717) is 5.56 Å². The molecule has 0 spiro atoms. The number of carboxylic acids is 1. The Labute approximate surface area is 129 Å². The lowest BCUT2D eigenvalue weighted by Crippen LogP contribution is -1.97. The van der Waals surface area contributed by atoms with E-state index in [1.807, 2.05) is 31.2 Å². The van der Waals surface area contributed by atoms with Gasteiger partial charge in [-0.2, -0.15) is 0 Å². The molecule has 0 atom stereocenters. The van der Waals surface area contributed by atoms with E-state index in [9.17, 15) is 14.4 Å². The predicted octanol–water partition coefficient (Wildman–Crippen LogP) is 3.79. The number of hydrogen-bond donors (Lipinski definition) is 1. The van der Waals surface area contributed by atoms with Crippen LogP contribution in [0.25, 0.3) is 0 Å². The number of hydrogen-bond acceptors (Lipinski definition) is 3. The molecule has 0 aliphatic carbocycles. The number of carboxylic acid groups (broad SMARTS) is 1. The molecule has 114 valence electrons. The van der Waals surface area contributed by atoms with E-state index in [4.69, 9.17) is 5.11 Å². The van der Waals surface area contributed by atoms with Crippen LogP contribution in [0.4, 0.5) is 0 Å². The summed E-state index contributed by atoms with van der Waals surface area (Å²) in [5.41, 5.74) is 2.69. The van der Waals surface area contributed by atoms with E-state index in [1.165, 1.54) is 36.8 Å². The van der Waals surface area contributed by atoms with Crippen LogP contribution in [-0.2, 0) is 0 Å². The third-order valence-corrected chi connectivity index (χ3v) is 3.00. The fourth-order valence-electron chi connectivity index (χ4n) is 1.64. The number of ketones is 2. The van der Waals surface area contributed by atoms with Crippen molar-refractivity contribution in [3.05, 3.63) is 70.8 Å². The van der Waals surface area contributed by atoms with Gasteiger partial charge in [-0.25, -0.2) is 4.79 Å². The monoisotopic (exact) mass is 298 g/mol. The first-order chi connectivity index (χ1) is 10.3. The Morgan fingerprint density at radius 3 is 1.32 bits per heavy atom. The Balaban J connectivity index is 0.000000224. The van der Waals surface area contributed by atoms with Crippen molar-refractivity contribution in [2.45, 2.75) is 20.8 Å². The average Bonchev–Trinajstić information content (AvgIpc) is 2.48. The fraction of sp³-hybridized carbons (Fsp3) is 0.167. The normalized spacial score (nSPS) is 9.41. The van der Waals surface area contributed by atoms with E-state index in [2.05, 4.69) is 0 Å². The van der Waals surface area contributed by atoms with Crippen LogP contribution >= 0.6 is 0 Å². The maximum Gasteiger partial charge on any atom is 0.335 e. The van der Waals surface area contributed by atoms with Crippen molar-refractivity contribution < 1.29 is 19.5 Å². The van der Waals surface area contributed by atoms with E-state index in [1.54, 1.807) is 6.92 Å². The number of aromatic carboxylic acids is 1. The zero-order valence-electron chi connectivity index (χ0n) is 12.8. The highest BCUT2D eigenvalue weighted by atomic mass is 16.4. The van der Waals surface area contributed by atoms with Crippen LogP contribution in [0.3, 0.4) is 0 Å². The van der Waals surface area contributed by atoms with Gasteiger partial charge in [-0.3, -0.25) is 9.59 Å². The number of benzene rings is 2. The van der Waals surface area contributed by atoms with Crippen molar-refractivity contribution in [1.82, 2.24) is 0 Å². The highest BCUT2D eigenvalue weighted by Crippen LogP contribution is 2.04. The molecule has 22 heavy (non-hydrogen) atoms. The van der Waals surface area contributed by atoms with Gasteiger partial charge < -0.3 is 5.11 Å². The molecule has 0 fully saturated rings. The number of rotatable bonds is 3. The van der Waals surface area contributed by atoms with Gasteiger partial charge in [0.15, 0.2) is 11.6 Å². The third kappa shape index (κ3) is 5.32. The molecular weight excluding hydrogens is 280 g/mol. The highest BCUT2D eigenvalue weighted by molar-refractivity contribution is 5.95. The second-order valence-electron chi connectivity index (χ2n) is 4.86. The smallest absolute Gasteiger partial charge is 0.335 e. The zero-order chi connectivity index (χ0) is 16.7. The van der Waals surface area contributed by atoms with Crippen LogP contribution in [0, 0.1) is 6.92 Å². The highest BCUT2D eigenvalue weighted by Gasteiger charge is 2.03. The van der Waals surface area contributed by atoms with Gasteiger partial charge in [-0.05, 0) is 32.9 Å². The maximum absolute atomic E-state index is 10.8. The summed E-state index contributed by atoms with van der Waals surface area (Å²) in [6.45, 7) is 5.02. The minimum Gasteiger partial charge on any atom is -0.478 e. The van der Waals surface area contributed by atoms with Gasteiger partial charge >= 0.3 is 5.97 Å². The minimum atomic E-state index is -0.981. The van der Waals surface area contributed by atoms with Gasteiger partial charge in [-0.1, -0.05) is 42.0 Å². The summed E-state index contributed by atoms with van der Waals surface area (Å²) in [7, 11) is 0. The van der Waals surface area contributed by atoms with Gasteiger partial charge in [0.1, 0.15) is 0 Å². The molecule has 4 heteroatoms. The first-order valence-electron chi connectivity index (χ1n) is 6.73. The quantitative estimate of drug-likeness (QED) is 0.875. The second kappa shape index (κ2) is 7.88. The Bertz CT molecular complexity index is 634. The van der Waals surface area contributed by atoms with Gasteiger partial charge in [0, 0.05) is 11.1 Å². The molecule has 0 heterocycles. The lowest BCUT2D eigenvalue weighted by Gasteiger charge is -1.95. The first kappa shape index (κ1) is 17.3. The molecule has 4 nitrogen and oxygen atoms in total. The van der Waals surface area contributed by atoms with Crippen molar-refractivity contribution >= 4 is 17.5 Å². The largest absolute Gasteiger partial charge is 0.478 e. The minimum absolute atomic E-state index is 0.0630. The lowest BCUT2D eigenvalue weighted by atomic mass is 10.1. The fourth-order valence-corrected chi connectivity index (χ4v) is 1.64. The van der Waals surface area contributed by atoms with E-state index < -0.39 is 5.97 Å². The Hall–Kier alpha value is -2.75. The van der Waals surface area contributed by atoms with Crippen molar-refractivity contribution in [2.75, 3.05) is 0 Å². The van der Waals surface area contributed by atoms with Crippen molar-refractivity contribution in [2.24, 2.45) is 0 Å². The molecule has 1 N–H and O–H groups in total. The van der Waals surface area contributed by atoms with Crippen molar-refractivity contribution in [3.8, 4) is 0 Å². The van der Waals surface area contributed by atoms with Gasteiger partial charge in [-0.15, -0.1) is 0 Å². The Morgan fingerprint density at radius 1 is 0.682 bits per heavy atom. The Kier molecular flexibility index (Phi) is 6.20. The second-order valence-corrected chi connectivity index (χ2v) is 4.86. The summed E-state index contributed by atoms with van der Waals surface area (Å²) >= 11 is 0. The van der Waals surface area contributed by atoms with Crippen LogP contribution in [0.15, 0.2) is 48.5 Å². The van der Waals surface area contributed by atoms with Crippen LogP contribution in [0.2, 0.25) is 0 Å². The van der Waals surface area contributed by atoms with Gasteiger partial charge in [0.25, 0.3) is 0 Å². The van der Waals surface area contributed by atoms with Crippen LogP contribution in [0.5, 0.6) is 0 Å². The summed E-state index contributed by atoms with van der Waals surface area (Å²) in [6.07, 6.45) is 0. The molecule has 0 aromatic heterocycles. The van der Waals surface area contributed by atoms with Crippen molar-refractivity contribution in [1.29, 1.82) is 0 Å². The standard InChI is InChI=1S/C9H8O3.C9H10O/c1-6(10)7-2-4-8(5-3-7)9(11)12;1-7-3-5-9(6-4-7)8(2)10/h2-5H,1H3,(H,11,12);3-6H,1-2H3. The maximum atomic E-state index is 10.8. The van der Waals surface area contributed by atoms with E-state index in [0.717, 1.165) is 5.56 Å². The Morgan fingerprint density at radius 2 is 1.00 bits per heavy atom. The molecule has 0 amide bonds. The summed E-state index contributed by atoms with van der Waals surface area (Å²) in [5, 5.41) is 8.53. The third-order valence-electron chi connectivity index (χ3n) is 3.00. The van der Waals surface area contributed by atoms with Crippen molar-refractivity contribution in [3.63, 3.8) is 0 Å². The zero-order valence-corrected chi connectivity index (χ0v) is 12.8. The lowest BCUT2D eigenvalue weighted by molar-refractivity contribution is 0.0696. The molecule has 2 rings (SSSR count). The SMILES string of the molecule is CC(=O)c1ccc(C(=O)O)cc1.CC(=O)c1ccc(C)cc1. The van der Waals surface area contributed by atoms with Crippen LogP contribution in [0.1, 0.15) is 50.5 Å². The molecule has 2 aromatic rings. The molecule has 0 unspecified atom stereocenters. The topological polar surface area (TPSA) is 71.4 Å². The van der Waals surface area contributed by atoms with Gasteiger partial charge in [0.05, 0.1) is 5.56 Å².